The topological polar surface area (TPSA) is 12.9 Å². The SMILES string of the molecule is Cc1cccnc1P(Br)(c1ccccc1)(c1ccccc1)c1ccccc1. The number of pyridine rings is 1. The summed E-state index contributed by atoms with van der Waals surface area (Å²) in [6, 6.07) is 36.4. The van der Waals surface area contributed by atoms with Crippen LogP contribution in [0.1, 0.15) is 5.56 Å². The molecular formula is C24H21BrNP. The van der Waals surface area contributed by atoms with E-state index >= 15 is 0 Å². The van der Waals surface area contributed by atoms with Crippen LogP contribution in [0.2, 0.25) is 0 Å². The summed E-state index contributed by atoms with van der Waals surface area (Å²) in [7, 11) is 0. The number of benzene rings is 3. The maximum atomic E-state index is 4.96. The molecule has 134 valence electrons. The van der Waals surface area contributed by atoms with Crippen LogP contribution in [0.3, 0.4) is 0 Å². The van der Waals surface area contributed by atoms with E-state index in [1.54, 1.807) is 0 Å². The van der Waals surface area contributed by atoms with Gasteiger partial charge in [0.25, 0.3) is 0 Å². The maximum absolute atomic E-state index is 4.96. The van der Waals surface area contributed by atoms with Crippen molar-refractivity contribution in [3.63, 3.8) is 0 Å². The zero-order chi connectivity index (χ0) is 18.8. The van der Waals surface area contributed by atoms with Crippen molar-refractivity contribution in [3.05, 3.63) is 115 Å². The van der Waals surface area contributed by atoms with E-state index in [9.17, 15) is 0 Å². The Labute approximate surface area is 168 Å². The quantitative estimate of drug-likeness (QED) is 0.419. The molecule has 3 heteroatoms. The third kappa shape index (κ3) is 2.67. The summed E-state index contributed by atoms with van der Waals surface area (Å²) in [5.74, 6) is 0. The van der Waals surface area contributed by atoms with Crippen LogP contribution in [0.15, 0.2) is 109 Å². The third-order valence-electron chi connectivity index (χ3n) is 5.10. The molecule has 27 heavy (non-hydrogen) atoms. The first kappa shape index (κ1) is 18.1. The van der Waals surface area contributed by atoms with Crippen molar-refractivity contribution in [3.8, 4) is 0 Å². The van der Waals surface area contributed by atoms with Crippen molar-refractivity contribution in [2.75, 3.05) is 0 Å². The van der Waals surface area contributed by atoms with Gasteiger partial charge in [-0.25, -0.2) is 0 Å². The molecule has 0 fully saturated rings. The predicted molar refractivity (Wildman–Crippen MR) is 123 cm³/mol. The summed E-state index contributed by atoms with van der Waals surface area (Å²) >= 11 is 4.44. The molecule has 0 bridgehead atoms. The van der Waals surface area contributed by atoms with Gasteiger partial charge in [0.1, 0.15) is 0 Å². The number of nitrogens with zero attached hydrogens (tertiary/aromatic N) is 1. The van der Waals surface area contributed by atoms with Crippen molar-refractivity contribution in [1.29, 1.82) is 0 Å². The first-order chi connectivity index (χ1) is 13.2. The van der Waals surface area contributed by atoms with Crippen LogP contribution < -0.4 is 21.3 Å². The van der Waals surface area contributed by atoms with Gasteiger partial charge in [-0.15, -0.1) is 0 Å². The standard InChI is InChI=1S/C24H21BrNP/c1-20-12-11-19-26-24(20)27(25,21-13-5-2-6-14-21,22-15-7-3-8-16-22)23-17-9-4-10-18-23/h2-19H,1H3. The summed E-state index contributed by atoms with van der Waals surface area (Å²) in [6.07, 6.45) is 1.90. The number of aryl methyl sites for hydroxylation is 1. The first-order valence-electron chi connectivity index (χ1n) is 8.98. The monoisotopic (exact) mass is 433 g/mol. The number of aromatic nitrogens is 1. The minimum atomic E-state index is -3.16. The van der Waals surface area contributed by atoms with Gasteiger partial charge in [0.15, 0.2) is 0 Å². The summed E-state index contributed by atoms with van der Waals surface area (Å²) in [5.41, 5.74) is 2.29. The molecule has 0 saturated heterocycles. The molecule has 0 N–H and O–H groups in total. The third-order valence-corrected chi connectivity index (χ3v) is 14.9. The second-order valence-electron chi connectivity index (χ2n) is 6.66. The zero-order valence-corrected chi connectivity index (χ0v) is 17.6. The average molecular weight is 434 g/mol. The number of hydrogen-bond acceptors (Lipinski definition) is 1. The van der Waals surface area contributed by atoms with E-state index in [1.807, 2.05) is 12.3 Å². The molecule has 0 atom stereocenters. The summed E-state index contributed by atoms with van der Waals surface area (Å²) in [6.45, 7) is 2.15. The molecule has 0 unspecified atom stereocenters. The van der Waals surface area contributed by atoms with Crippen LogP contribution in [0.5, 0.6) is 0 Å². The van der Waals surface area contributed by atoms with Gasteiger partial charge in [-0.05, 0) is 0 Å². The fourth-order valence-electron chi connectivity index (χ4n) is 3.85. The first-order valence-corrected chi connectivity index (χ1v) is 13.2. The van der Waals surface area contributed by atoms with Crippen molar-refractivity contribution in [2.24, 2.45) is 0 Å². The molecule has 0 spiro atoms. The number of rotatable bonds is 4. The molecule has 3 aromatic carbocycles. The van der Waals surface area contributed by atoms with Crippen molar-refractivity contribution in [1.82, 2.24) is 4.98 Å². The summed E-state index contributed by atoms with van der Waals surface area (Å²) < 4.78 is 0. The molecule has 0 aliphatic heterocycles. The van der Waals surface area contributed by atoms with Gasteiger partial charge in [0, 0.05) is 0 Å². The molecule has 0 saturated carbocycles. The Hall–Kier alpha value is -2.28. The Kier molecular flexibility index (Phi) is 4.72. The fraction of sp³-hybridized carbons (Fsp3) is 0.0417. The molecule has 4 aromatic rings. The molecule has 1 heterocycles. The second-order valence-corrected chi connectivity index (χ2v) is 14.9. The van der Waals surface area contributed by atoms with Crippen molar-refractivity contribution >= 4 is 42.1 Å². The second kappa shape index (κ2) is 7.03. The predicted octanol–water partition coefficient (Wildman–Crippen LogP) is 4.86. The van der Waals surface area contributed by atoms with Gasteiger partial charge >= 0.3 is 169 Å². The van der Waals surface area contributed by atoms with Crippen LogP contribution in [0, 0.1) is 6.92 Å². The average Bonchev–Trinajstić information content (AvgIpc) is 2.75. The van der Waals surface area contributed by atoms with E-state index in [1.165, 1.54) is 21.5 Å². The van der Waals surface area contributed by atoms with E-state index in [-0.39, 0.29) is 0 Å². The molecule has 0 aliphatic rings. The molecule has 1 nitrogen and oxygen atoms in total. The van der Waals surface area contributed by atoms with Crippen molar-refractivity contribution in [2.45, 2.75) is 6.92 Å². The normalized spacial score (nSPS) is 12.9. The van der Waals surface area contributed by atoms with Crippen LogP contribution >= 0.6 is 20.8 Å². The van der Waals surface area contributed by atoms with E-state index in [4.69, 9.17) is 4.98 Å². The van der Waals surface area contributed by atoms with Gasteiger partial charge in [-0.3, -0.25) is 0 Å². The van der Waals surface area contributed by atoms with Gasteiger partial charge in [0.2, 0.25) is 0 Å². The van der Waals surface area contributed by atoms with Crippen LogP contribution in [0.25, 0.3) is 0 Å². The molecule has 0 radical (unpaired) electrons. The van der Waals surface area contributed by atoms with E-state index in [0.29, 0.717) is 0 Å². The van der Waals surface area contributed by atoms with Gasteiger partial charge < -0.3 is 0 Å². The Morgan fingerprint density at radius 2 is 1.00 bits per heavy atom. The Balaban J connectivity index is 2.26. The zero-order valence-electron chi connectivity index (χ0n) is 15.2. The Morgan fingerprint density at radius 1 is 0.593 bits per heavy atom. The van der Waals surface area contributed by atoms with Gasteiger partial charge in [0.05, 0.1) is 0 Å². The van der Waals surface area contributed by atoms with E-state index in [2.05, 4.69) is 119 Å². The molecule has 4 rings (SSSR count). The Morgan fingerprint density at radius 3 is 1.37 bits per heavy atom. The van der Waals surface area contributed by atoms with Crippen LogP contribution in [-0.4, -0.2) is 4.98 Å². The van der Waals surface area contributed by atoms with Gasteiger partial charge in [-0.1, -0.05) is 0 Å². The Bertz CT molecular complexity index is 950. The number of hydrogen-bond donors (Lipinski definition) is 0. The molecule has 0 amide bonds. The van der Waals surface area contributed by atoms with Gasteiger partial charge in [-0.2, -0.15) is 0 Å². The summed E-state index contributed by atoms with van der Waals surface area (Å²) in [4.78, 5) is 4.96. The van der Waals surface area contributed by atoms with Crippen LogP contribution in [-0.2, 0) is 0 Å². The molecular weight excluding hydrogens is 413 g/mol. The molecule has 1 aromatic heterocycles. The van der Waals surface area contributed by atoms with Crippen molar-refractivity contribution < 1.29 is 0 Å². The van der Waals surface area contributed by atoms with Crippen LogP contribution in [0.4, 0.5) is 0 Å². The van der Waals surface area contributed by atoms with E-state index < -0.39 is 5.31 Å². The molecule has 0 aliphatic carbocycles. The minimum absolute atomic E-state index is 1.10. The fourth-order valence-corrected chi connectivity index (χ4v) is 11.9. The van der Waals surface area contributed by atoms with E-state index in [0.717, 1.165) is 5.44 Å². The number of halogens is 1. The summed E-state index contributed by atoms with van der Waals surface area (Å²) in [5, 5.41) is 0.595.